The highest BCUT2D eigenvalue weighted by atomic mass is 16.7. The van der Waals surface area contributed by atoms with Gasteiger partial charge in [0.05, 0.1) is 18.3 Å². The molecule has 0 aliphatic carbocycles. The van der Waals surface area contributed by atoms with Gasteiger partial charge in [-0.1, -0.05) is 18.2 Å². The zero-order valence-corrected chi connectivity index (χ0v) is 13.8. The van der Waals surface area contributed by atoms with Gasteiger partial charge in [0.2, 0.25) is 6.79 Å². The molecule has 1 aliphatic heterocycles. The fourth-order valence-corrected chi connectivity index (χ4v) is 3.18. The molecule has 0 unspecified atom stereocenters. The van der Waals surface area contributed by atoms with Crippen LogP contribution in [0.2, 0.25) is 0 Å². The Morgan fingerprint density at radius 2 is 1.88 bits per heavy atom. The summed E-state index contributed by atoms with van der Waals surface area (Å²) in [4.78, 5) is 12.3. The molecular weight excluding hydrogens is 330 g/mol. The largest absolute Gasteiger partial charge is 0.454 e. The van der Waals surface area contributed by atoms with E-state index < -0.39 is 0 Å². The van der Waals surface area contributed by atoms with E-state index in [2.05, 4.69) is 10.2 Å². The molecular formula is C20H15N3O3. The van der Waals surface area contributed by atoms with Gasteiger partial charge >= 0.3 is 0 Å². The first-order valence-corrected chi connectivity index (χ1v) is 8.29. The maximum atomic E-state index is 12.3. The Bertz CT molecular complexity index is 1180. The Labute approximate surface area is 148 Å². The van der Waals surface area contributed by atoms with Crippen LogP contribution in [0.4, 0.5) is 0 Å². The van der Waals surface area contributed by atoms with Crippen molar-refractivity contribution in [2.75, 3.05) is 6.79 Å². The molecule has 0 fully saturated rings. The molecule has 0 spiro atoms. The van der Waals surface area contributed by atoms with Gasteiger partial charge in [0.25, 0.3) is 5.56 Å². The maximum absolute atomic E-state index is 12.3. The molecule has 0 saturated heterocycles. The fourth-order valence-electron chi connectivity index (χ4n) is 3.18. The SMILES string of the molecule is O=c1ccc(-c2ccc3cn[nH]c3c2)cn1Cc1ccc2c(c1)OCO2. The number of aromatic amines is 1. The van der Waals surface area contributed by atoms with E-state index >= 15 is 0 Å². The second-order valence-corrected chi connectivity index (χ2v) is 6.24. The summed E-state index contributed by atoms with van der Waals surface area (Å²) in [7, 11) is 0. The van der Waals surface area contributed by atoms with Crippen molar-refractivity contribution in [3.63, 3.8) is 0 Å². The van der Waals surface area contributed by atoms with E-state index in [4.69, 9.17) is 9.47 Å². The summed E-state index contributed by atoms with van der Waals surface area (Å²) in [6, 6.07) is 15.3. The fraction of sp³-hybridized carbons (Fsp3) is 0.100. The second kappa shape index (κ2) is 5.77. The molecule has 5 rings (SSSR count). The third kappa shape index (κ3) is 2.52. The number of nitrogens with one attached hydrogen (secondary N) is 1. The van der Waals surface area contributed by atoms with Gasteiger partial charge in [0.15, 0.2) is 11.5 Å². The lowest BCUT2D eigenvalue weighted by atomic mass is 10.1. The van der Waals surface area contributed by atoms with E-state index in [0.717, 1.165) is 39.1 Å². The number of fused-ring (bicyclic) bond motifs is 2. The highest BCUT2D eigenvalue weighted by Gasteiger charge is 2.13. The van der Waals surface area contributed by atoms with Crippen LogP contribution in [0.15, 0.2) is 65.7 Å². The molecule has 0 amide bonds. The van der Waals surface area contributed by atoms with E-state index in [9.17, 15) is 4.79 Å². The summed E-state index contributed by atoms with van der Waals surface area (Å²) < 4.78 is 12.4. The van der Waals surface area contributed by atoms with Crippen LogP contribution in [0.3, 0.4) is 0 Å². The van der Waals surface area contributed by atoms with E-state index in [1.54, 1.807) is 16.8 Å². The van der Waals surface area contributed by atoms with E-state index in [0.29, 0.717) is 6.54 Å². The van der Waals surface area contributed by atoms with Crippen molar-refractivity contribution in [1.29, 1.82) is 0 Å². The number of aromatic nitrogens is 3. The van der Waals surface area contributed by atoms with Crippen LogP contribution in [-0.2, 0) is 6.54 Å². The van der Waals surface area contributed by atoms with Crippen molar-refractivity contribution in [3.8, 4) is 22.6 Å². The molecule has 128 valence electrons. The summed E-state index contributed by atoms with van der Waals surface area (Å²) >= 11 is 0. The lowest BCUT2D eigenvalue weighted by Gasteiger charge is -2.09. The number of ether oxygens (including phenoxy) is 2. The number of rotatable bonds is 3. The van der Waals surface area contributed by atoms with Gasteiger partial charge in [0.1, 0.15) is 0 Å². The zero-order valence-electron chi connectivity index (χ0n) is 13.8. The smallest absolute Gasteiger partial charge is 0.250 e. The zero-order chi connectivity index (χ0) is 17.5. The molecule has 1 N–H and O–H groups in total. The van der Waals surface area contributed by atoms with Gasteiger partial charge in [0, 0.05) is 17.6 Å². The van der Waals surface area contributed by atoms with Crippen molar-refractivity contribution >= 4 is 10.9 Å². The minimum absolute atomic E-state index is 0.0472. The molecule has 4 aromatic rings. The Morgan fingerprint density at radius 1 is 1.00 bits per heavy atom. The topological polar surface area (TPSA) is 69.1 Å². The molecule has 0 atom stereocenters. The van der Waals surface area contributed by atoms with Gasteiger partial charge in [-0.15, -0.1) is 0 Å². The van der Waals surface area contributed by atoms with Crippen LogP contribution < -0.4 is 15.0 Å². The van der Waals surface area contributed by atoms with Crippen molar-refractivity contribution in [1.82, 2.24) is 14.8 Å². The first-order valence-electron chi connectivity index (χ1n) is 8.29. The predicted octanol–water partition coefficient (Wildman–Crippen LogP) is 3.17. The first-order chi connectivity index (χ1) is 12.8. The van der Waals surface area contributed by atoms with E-state index in [-0.39, 0.29) is 12.4 Å². The van der Waals surface area contributed by atoms with E-state index in [1.165, 1.54) is 0 Å². The van der Waals surface area contributed by atoms with Crippen LogP contribution in [0.1, 0.15) is 5.56 Å². The van der Waals surface area contributed by atoms with Gasteiger partial charge in [-0.2, -0.15) is 5.10 Å². The van der Waals surface area contributed by atoms with Crippen LogP contribution >= 0.6 is 0 Å². The molecule has 0 bridgehead atoms. The minimum Gasteiger partial charge on any atom is -0.454 e. The van der Waals surface area contributed by atoms with Crippen LogP contribution in [-0.4, -0.2) is 21.6 Å². The average Bonchev–Trinajstić information content (AvgIpc) is 3.31. The van der Waals surface area contributed by atoms with Crippen molar-refractivity contribution in [2.24, 2.45) is 0 Å². The number of hydrogen-bond donors (Lipinski definition) is 1. The van der Waals surface area contributed by atoms with Crippen LogP contribution in [0.25, 0.3) is 22.0 Å². The highest BCUT2D eigenvalue weighted by Crippen LogP contribution is 2.32. The Kier molecular flexibility index (Phi) is 3.28. The van der Waals surface area contributed by atoms with E-state index in [1.807, 2.05) is 48.7 Å². The van der Waals surface area contributed by atoms with Crippen molar-refractivity contribution in [2.45, 2.75) is 6.54 Å². The monoisotopic (exact) mass is 345 g/mol. The third-order valence-electron chi connectivity index (χ3n) is 4.55. The summed E-state index contributed by atoms with van der Waals surface area (Å²) in [5.74, 6) is 1.46. The van der Waals surface area contributed by atoms with Crippen molar-refractivity contribution in [3.05, 3.63) is 76.8 Å². The number of H-pyrrole nitrogens is 1. The Balaban J connectivity index is 1.51. The lowest BCUT2D eigenvalue weighted by molar-refractivity contribution is 0.174. The maximum Gasteiger partial charge on any atom is 0.250 e. The lowest BCUT2D eigenvalue weighted by Crippen LogP contribution is -2.19. The Hall–Kier alpha value is -3.54. The molecule has 26 heavy (non-hydrogen) atoms. The minimum atomic E-state index is -0.0472. The number of hydrogen-bond acceptors (Lipinski definition) is 4. The standard InChI is InChI=1S/C20H15N3O3/c24-20-6-4-16(14-2-3-15-9-21-22-17(15)8-14)11-23(20)10-13-1-5-18-19(7-13)26-12-25-18/h1-9,11H,10,12H2,(H,21,22). The summed E-state index contributed by atoms with van der Waals surface area (Å²) in [5.41, 5.74) is 3.91. The molecule has 3 heterocycles. The van der Waals surface area contributed by atoms with Crippen molar-refractivity contribution < 1.29 is 9.47 Å². The predicted molar refractivity (Wildman–Crippen MR) is 97.5 cm³/mol. The van der Waals surface area contributed by atoms with Crippen LogP contribution in [0.5, 0.6) is 11.5 Å². The summed E-state index contributed by atoms with van der Waals surface area (Å²) in [6.07, 6.45) is 3.67. The molecule has 2 aromatic carbocycles. The highest BCUT2D eigenvalue weighted by molar-refractivity contribution is 5.83. The normalized spacial score (nSPS) is 12.6. The summed E-state index contributed by atoms with van der Waals surface area (Å²) in [5, 5.41) is 8.08. The van der Waals surface area contributed by atoms with Gasteiger partial charge < -0.3 is 14.0 Å². The van der Waals surface area contributed by atoms with Crippen LogP contribution in [0, 0.1) is 0 Å². The van der Waals surface area contributed by atoms with Gasteiger partial charge in [-0.25, -0.2) is 0 Å². The molecule has 0 saturated carbocycles. The molecule has 2 aromatic heterocycles. The number of benzene rings is 2. The number of nitrogens with zero attached hydrogens (tertiary/aromatic N) is 2. The van der Waals surface area contributed by atoms with Gasteiger partial charge in [-0.3, -0.25) is 9.89 Å². The molecule has 6 heteroatoms. The second-order valence-electron chi connectivity index (χ2n) is 6.24. The number of pyridine rings is 1. The molecule has 1 aliphatic rings. The van der Waals surface area contributed by atoms with Gasteiger partial charge in [-0.05, 0) is 41.0 Å². The average molecular weight is 345 g/mol. The molecule has 6 nitrogen and oxygen atoms in total. The summed E-state index contributed by atoms with van der Waals surface area (Å²) in [6.45, 7) is 0.708. The third-order valence-corrected chi connectivity index (χ3v) is 4.55. The Morgan fingerprint density at radius 3 is 2.85 bits per heavy atom. The molecule has 0 radical (unpaired) electrons. The first kappa shape index (κ1) is 14.8. The quantitative estimate of drug-likeness (QED) is 0.619.